The van der Waals surface area contributed by atoms with Crippen LogP contribution in [-0.4, -0.2) is 40.3 Å². The second kappa shape index (κ2) is 6.96. The van der Waals surface area contributed by atoms with Crippen molar-refractivity contribution in [2.75, 3.05) is 13.1 Å². The van der Waals surface area contributed by atoms with E-state index in [-0.39, 0.29) is 0 Å². The minimum atomic E-state index is 0.601. The maximum atomic E-state index is 4.22. The SMILES string of the molecule is CCC(C)C1CN(Cc2cccnn2)C(CC)CN1. The first-order valence-electron chi connectivity index (χ1n) is 7.48. The van der Waals surface area contributed by atoms with Crippen LogP contribution in [0.3, 0.4) is 0 Å². The summed E-state index contributed by atoms with van der Waals surface area (Å²) in [6.07, 6.45) is 4.15. The maximum absolute atomic E-state index is 4.22. The molecule has 1 saturated heterocycles. The summed E-state index contributed by atoms with van der Waals surface area (Å²) in [4.78, 5) is 2.57. The van der Waals surface area contributed by atoms with Crippen molar-refractivity contribution in [1.82, 2.24) is 20.4 Å². The molecule has 0 amide bonds. The molecule has 1 fully saturated rings. The number of aromatic nitrogens is 2. The molecule has 1 aliphatic heterocycles. The Labute approximate surface area is 116 Å². The van der Waals surface area contributed by atoms with Crippen molar-refractivity contribution in [2.45, 2.75) is 52.2 Å². The number of nitrogens with zero attached hydrogens (tertiary/aromatic N) is 3. The Morgan fingerprint density at radius 2 is 2.32 bits per heavy atom. The monoisotopic (exact) mass is 262 g/mol. The van der Waals surface area contributed by atoms with Gasteiger partial charge in [-0.3, -0.25) is 4.90 Å². The van der Waals surface area contributed by atoms with Gasteiger partial charge in [-0.15, -0.1) is 0 Å². The van der Waals surface area contributed by atoms with Crippen molar-refractivity contribution < 1.29 is 0 Å². The van der Waals surface area contributed by atoms with Crippen LogP contribution in [-0.2, 0) is 6.54 Å². The summed E-state index contributed by atoms with van der Waals surface area (Å²) < 4.78 is 0. The van der Waals surface area contributed by atoms with E-state index in [1.807, 2.05) is 6.07 Å². The molecule has 0 aliphatic carbocycles. The molecule has 2 rings (SSSR count). The number of hydrogen-bond donors (Lipinski definition) is 1. The zero-order valence-corrected chi connectivity index (χ0v) is 12.3. The molecule has 4 nitrogen and oxygen atoms in total. The lowest BCUT2D eigenvalue weighted by molar-refractivity contribution is 0.0978. The molecule has 1 aliphatic rings. The first-order chi connectivity index (χ1) is 9.24. The summed E-state index contributed by atoms with van der Waals surface area (Å²) >= 11 is 0. The summed E-state index contributed by atoms with van der Waals surface area (Å²) in [5.41, 5.74) is 1.07. The van der Waals surface area contributed by atoms with Gasteiger partial charge in [0, 0.05) is 37.9 Å². The van der Waals surface area contributed by atoms with Crippen LogP contribution in [0.25, 0.3) is 0 Å². The third-order valence-electron chi connectivity index (χ3n) is 4.36. The molecule has 106 valence electrons. The highest BCUT2D eigenvalue weighted by Crippen LogP contribution is 2.18. The predicted molar refractivity (Wildman–Crippen MR) is 77.8 cm³/mol. The molecule has 2 heterocycles. The molecule has 3 unspecified atom stereocenters. The van der Waals surface area contributed by atoms with E-state index in [9.17, 15) is 0 Å². The highest BCUT2D eigenvalue weighted by atomic mass is 15.2. The molecule has 0 bridgehead atoms. The molecular formula is C15H26N4. The molecular weight excluding hydrogens is 236 g/mol. The van der Waals surface area contributed by atoms with Gasteiger partial charge in [0.25, 0.3) is 0 Å². The minimum Gasteiger partial charge on any atom is -0.311 e. The summed E-state index contributed by atoms with van der Waals surface area (Å²) in [6.45, 7) is 9.99. The van der Waals surface area contributed by atoms with Crippen LogP contribution in [0, 0.1) is 5.92 Å². The number of rotatable bonds is 5. The first-order valence-corrected chi connectivity index (χ1v) is 7.48. The van der Waals surface area contributed by atoms with Crippen LogP contribution in [0.2, 0.25) is 0 Å². The van der Waals surface area contributed by atoms with Crippen LogP contribution >= 0.6 is 0 Å². The van der Waals surface area contributed by atoms with Crippen LogP contribution in [0.15, 0.2) is 18.3 Å². The molecule has 0 saturated carbocycles. The topological polar surface area (TPSA) is 41.1 Å². The smallest absolute Gasteiger partial charge is 0.0771 e. The Morgan fingerprint density at radius 1 is 1.47 bits per heavy atom. The number of nitrogens with one attached hydrogen (secondary N) is 1. The zero-order valence-electron chi connectivity index (χ0n) is 12.3. The van der Waals surface area contributed by atoms with Crippen molar-refractivity contribution in [3.05, 3.63) is 24.0 Å². The van der Waals surface area contributed by atoms with E-state index in [0.717, 1.165) is 31.2 Å². The average Bonchev–Trinajstić information content (AvgIpc) is 2.47. The Hall–Kier alpha value is -1.00. The second-order valence-corrected chi connectivity index (χ2v) is 5.61. The van der Waals surface area contributed by atoms with Gasteiger partial charge in [-0.2, -0.15) is 10.2 Å². The van der Waals surface area contributed by atoms with Gasteiger partial charge in [0.15, 0.2) is 0 Å². The molecule has 1 aromatic heterocycles. The van der Waals surface area contributed by atoms with Crippen LogP contribution in [0.1, 0.15) is 39.3 Å². The highest BCUT2D eigenvalue weighted by Gasteiger charge is 2.29. The van der Waals surface area contributed by atoms with Gasteiger partial charge in [0.05, 0.1) is 5.69 Å². The van der Waals surface area contributed by atoms with E-state index >= 15 is 0 Å². The van der Waals surface area contributed by atoms with E-state index in [2.05, 4.69) is 47.3 Å². The normalized spacial score (nSPS) is 26.3. The maximum Gasteiger partial charge on any atom is 0.0771 e. The molecule has 4 heteroatoms. The highest BCUT2D eigenvalue weighted by molar-refractivity contribution is 5.00. The molecule has 19 heavy (non-hydrogen) atoms. The predicted octanol–water partition coefficient (Wildman–Crippen LogP) is 2.08. The van der Waals surface area contributed by atoms with E-state index in [0.29, 0.717) is 12.1 Å². The van der Waals surface area contributed by atoms with Crippen LogP contribution in [0.4, 0.5) is 0 Å². The number of piperazine rings is 1. The number of hydrogen-bond acceptors (Lipinski definition) is 4. The Balaban J connectivity index is 2.01. The lowest BCUT2D eigenvalue weighted by atomic mass is 9.94. The first kappa shape index (κ1) is 14.4. The molecule has 0 radical (unpaired) electrons. The van der Waals surface area contributed by atoms with E-state index in [4.69, 9.17) is 0 Å². The van der Waals surface area contributed by atoms with Gasteiger partial charge in [0.1, 0.15) is 0 Å². The average molecular weight is 262 g/mol. The standard InChI is InChI=1S/C15H26N4/c1-4-12(3)15-11-19(14(5-2)9-16-15)10-13-7-6-8-17-18-13/h6-8,12,14-16H,4-5,9-11H2,1-3H3. The Kier molecular flexibility index (Phi) is 5.28. The zero-order chi connectivity index (χ0) is 13.7. The van der Waals surface area contributed by atoms with Gasteiger partial charge in [0.2, 0.25) is 0 Å². The van der Waals surface area contributed by atoms with Gasteiger partial charge < -0.3 is 5.32 Å². The van der Waals surface area contributed by atoms with Crippen LogP contribution < -0.4 is 5.32 Å². The van der Waals surface area contributed by atoms with Crippen molar-refractivity contribution in [1.29, 1.82) is 0 Å². The summed E-state index contributed by atoms with van der Waals surface area (Å²) in [5, 5.41) is 11.9. The summed E-state index contributed by atoms with van der Waals surface area (Å²) in [6, 6.07) is 5.25. The van der Waals surface area contributed by atoms with Crippen molar-refractivity contribution >= 4 is 0 Å². The Morgan fingerprint density at radius 3 is 2.95 bits per heavy atom. The van der Waals surface area contributed by atoms with Crippen molar-refractivity contribution in [3.63, 3.8) is 0 Å². The fourth-order valence-electron chi connectivity index (χ4n) is 2.77. The Bertz CT molecular complexity index is 368. The van der Waals surface area contributed by atoms with E-state index in [1.165, 1.54) is 12.8 Å². The van der Waals surface area contributed by atoms with Crippen LogP contribution in [0.5, 0.6) is 0 Å². The summed E-state index contributed by atoms with van der Waals surface area (Å²) in [5.74, 6) is 0.724. The third-order valence-corrected chi connectivity index (χ3v) is 4.36. The minimum absolute atomic E-state index is 0.601. The lowest BCUT2D eigenvalue weighted by Gasteiger charge is -2.42. The van der Waals surface area contributed by atoms with Crippen molar-refractivity contribution in [2.24, 2.45) is 5.92 Å². The van der Waals surface area contributed by atoms with Crippen molar-refractivity contribution in [3.8, 4) is 0 Å². The molecule has 3 atom stereocenters. The fourth-order valence-corrected chi connectivity index (χ4v) is 2.77. The molecule has 0 spiro atoms. The fraction of sp³-hybridized carbons (Fsp3) is 0.733. The molecule has 0 aromatic carbocycles. The lowest BCUT2D eigenvalue weighted by Crippen LogP contribution is -2.57. The third kappa shape index (κ3) is 3.74. The van der Waals surface area contributed by atoms with E-state index in [1.54, 1.807) is 6.20 Å². The van der Waals surface area contributed by atoms with Gasteiger partial charge in [-0.05, 0) is 24.5 Å². The second-order valence-electron chi connectivity index (χ2n) is 5.61. The van der Waals surface area contributed by atoms with Gasteiger partial charge in [-0.1, -0.05) is 27.2 Å². The van der Waals surface area contributed by atoms with Gasteiger partial charge in [-0.25, -0.2) is 0 Å². The molecule has 1 N–H and O–H groups in total. The quantitative estimate of drug-likeness (QED) is 0.882. The molecule has 1 aromatic rings. The summed E-state index contributed by atoms with van der Waals surface area (Å²) in [7, 11) is 0. The van der Waals surface area contributed by atoms with E-state index < -0.39 is 0 Å². The largest absolute Gasteiger partial charge is 0.311 e. The van der Waals surface area contributed by atoms with Gasteiger partial charge >= 0.3 is 0 Å².